The Morgan fingerprint density at radius 3 is 3.15 bits per heavy atom. The molecule has 2 aliphatic carbocycles. The zero-order valence-corrected chi connectivity index (χ0v) is 8.16. The average molecular weight is 175 g/mol. The van der Waals surface area contributed by atoms with Gasteiger partial charge in [0, 0.05) is 6.04 Å². The van der Waals surface area contributed by atoms with Crippen molar-refractivity contribution in [1.29, 1.82) is 0 Å². The van der Waals surface area contributed by atoms with E-state index >= 15 is 0 Å². The molecular formula is C12H17N. The smallest absolute Gasteiger partial charge is 0.0686 e. The Hall–Kier alpha value is -0.740. The van der Waals surface area contributed by atoms with E-state index < -0.39 is 0 Å². The lowest BCUT2D eigenvalue weighted by atomic mass is 9.71. The molecule has 70 valence electrons. The molecule has 0 bridgehead atoms. The maximum atomic E-state index is 5.42. The van der Waals surface area contributed by atoms with E-state index in [1.165, 1.54) is 12.8 Å². The van der Waals surface area contributed by atoms with E-state index in [0.29, 0.717) is 6.04 Å². The minimum Gasteiger partial charge on any atom is -0.300 e. The molecule has 13 heavy (non-hydrogen) atoms. The molecule has 1 fully saturated rings. The first-order chi connectivity index (χ1) is 6.35. The van der Waals surface area contributed by atoms with Crippen LogP contribution in [0.15, 0.2) is 12.2 Å². The van der Waals surface area contributed by atoms with Gasteiger partial charge in [0.2, 0.25) is 0 Å². The Labute approximate surface area is 80.6 Å². The second-order valence-electron chi connectivity index (χ2n) is 4.14. The molecule has 0 amide bonds. The maximum Gasteiger partial charge on any atom is 0.0686 e. The number of nitrogens with one attached hydrogen (secondary N) is 1. The highest BCUT2D eigenvalue weighted by Gasteiger charge is 2.41. The summed E-state index contributed by atoms with van der Waals surface area (Å²) in [5.41, 5.74) is 0. The first kappa shape index (κ1) is 8.84. The van der Waals surface area contributed by atoms with E-state index in [4.69, 9.17) is 6.42 Å². The second kappa shape index (κ2) is 3.55. The van der Waals surface area contributed by atoms with Crippen LogP contribution in [0.2, 0.25) is 0 Å². The molecule has 0 heterocycles. The van der Waals surface area contributed by atoms with Crippen molar-refractivity contribution >= 4 is 0 Å². The molecule has 0 aromatic rings. The quantitative estimate of drug-likeness (QED) is 0.510. The van der Waals surface area contributed by atoms with Gasteiger partial charge in [-0.3, -0.25) is 0 Å². The molecule has 0 aliphatic heterocycles. The van der Waals surface area contributed by atoms with Crippen LogP contribution in [0.5, 0.6) is 0 Å². The standard InChI is InChI=1S/C12H17N/c1-3-10(4-2)13-12-8-9-6-5-7-11(9)12/h1,5,7,9-13H,4,6,8H2,2H3. The molecule has 1 N–H and O–H groups in total. The molecule has 1 heteroatoms. The molecule has 0 aromatic carbocycles. The van der Waals surface area contributed by atoms with Crippen LogP contribution >= 0.6 is 0 Å². The molecule has 4 atom stereocenters. The van der Waals surface area contributed by atoms with Gasteiger partial charge < -0.3 is 5.32 Å². The van der Waals surface area contributed by atoms with Gasteiger partial charge >= 0.3 is 0 Å². The Morgan fingerprint density at radius 2 is 2.54 bits per heavy atom. The van der Waals surface area contributed by atoms with Crippen LogP contribution in [0.25, 0.3) is 0 Å². The van der Waals surface area contributed by atoms with Gasteiger partial charge in [0.15, 0.2) is 0 Å². The molecular weight excluding hydrogens is 158 g/mol. The lowest BCUT2D eigenvalue weighted by molar-refractivity contribution is 0.156. The third kappa shape index (κ3) is 1.51. The van der Waals surface area contributed by atoms with Crippen LogP contribution in [0, 0.1) is 24.2 Å². The van der Waals surface area contributed by atoms with Crippen molar-refractivity contribution in [2.75, 3.05) is 0 Å². The molecule has 4 unspecified atom stereocenters. The van der Waals surface area contributed by atoms with Crippen molar-refractivity contribution in [3.63, 3.8) is 0 Å². The van der Waals surface area contributed by atoms with E-state index in [-0.39, 0.29) is 6.04 Å². The van der Waals surface area contributed by atoms with Gasteiger partial charge in [0.25, 0.3) is 0 Å². The molecule has 2 aliphatic rings. The number of allylic oxidation sites excluding steroid dienone is 1. The van der Waals surface area contributed by atoms with Crippen molar-refractivity contribution in [3.05, 3.63) is 12.2 Å². The Kier molecular flexibility index (Phi) is 2.42. The zero-order chi connectivity index (χ0) is 9.26. The fourth-order valence-electron chi connectivity index (χ4n) is 2.45. The lowest BCUT2D eigenvalue weighted by Gasteiger charge is -2.42. The number of terminal acetylenes is 1. The number of hydrogen-bond donors (Lipinski definition) is 1. The predicted molar refractivity (Wildman–Crippen MR) is 55.2 cm³/mol. The van der Waals surface area contributed by atoms with Gasteiger partial charge in [-0.25, -0.2) is 0 Å². The predicted octanol–water partition coefficient (Wildman–Crippen LogP) is 1.95. The molecule has 0 aromatic heterocycles. The summed E-state index contributed by atoms with van der Waals surface area (Å²) in [5, 5.41) is 3.54. The van der Waals surface area contributed by atoms with Crippen molar-refractivity contribution < 1.29 is 0 Å². The largest absolute Gasteiger partial charge is 0.300 e. The van der Waals surface area contributed by atoms with E-state index in [1.54, 1.807) is 0 Å². The van der Waals surface area contributed by atoms with Crippen LogP contribution < -0.4 is 5.32 Å². The Morgan fingerprint density at radius 1 is 1.69 bits per heavy atom. The molecule has 0 spiro atoms. The fourth-order valence-corrected chi connectivity index (χ4v) is 2.45. The van der Waals surface area contributed by atoms with Crippen molar-refractivity contribution in [2.45, 2.75) is 38.3 Å². The van der Waals surface area contributed by atoms with E-state index in [1.807, 2.05) is 0 Å². The highest BCUT2D eigenvalue weighted by molar-refractivity contribution is 5.14. The summed E-state index contributed by atoms with van der Waals surface area (Å²) in [7, 11) is 0. The lowest BCUT2D eigenvalue weighted by Crippen LogP contribution is -2.51. The second-order valence-corrected chi connectivity index (χ2v) is 4.14. The van der Waals surface area contributed by atoms with Crippen LogP contribution in [-0.4, -0.2) is 12.1 Å². The Bertz CT molecular complexity index is 248. The minimum absolute atomic E-state index is 0.278. The summed E-state index contributed by atoms with van der Waals surface area (Å²) >= 11 is 0. The monoisotopic (exact) mass is 175 g/mol. The first-order valence-electron chi connectivity index (χ1n) is 5.24. The molecule has 0 radical (unpaired) electrons. The van der Waals surface area contributed by atoms with Crippen LogP contribution in [0.3, 0.4) is 0 Å². The summed E-state index contributed by atoms with van der Waals surface area (Å²) in [6.07, 6.45) is 13.7. The van der Waals surface area contributed by atoms with Gasteiger partial charge in [-0.15, -0.1) is 6.42 Å². The van der Waals surface area contributed by atoms with Gasteiger partial charge in [-0.2, -0.15) is 0 Å². The van der Waals surface area contributed by atoms with Gasteiger partial charge in [-0.1, -0.05) is 25.0 Å². The molecule has 1 nitrogen and oxygen atoms in total. The van der Waals surface area contributed by atoms with Crippen molar-refractivity contribution in [2.24, 2.45) is 11.8 Å². The zero-order valence-electron chi connectivity index (χ0n) is 8.16. The van der Waals surface area contributed by atoms with Gasteiger partial charge in [0.1, 0.15) is 0 Å². The maximum absolute atomic E-state index is 5.42. The summed E-state index contributed by atoms with van der Waals surface area (Å²) in [5.74, 6) is 4.50. The van der Waals surface area contributed by atoms with E-state index in [2.05, 4.69) is 30.3 Å². The molecule has 0 saturated heterocycles. The third-order valence-electron chi connectivity index (χ3n) is 3.39. The van der Waals surface area contributed by atoms with E-state index in [0.717, 1.165) is 18.3 Å². The van der Waals surface area contributed by atoms with Crippen LogP contribution in [0.4, 0.5) is 0 Å². The topological polar surface area (TPSA) is 12.0 Å². The number of rotatable bonds is 3. The number of hydrogen-bond acceptors (Lipinski definition) is 1. The van der Waals surface area contributed by atoms with Crippen LogP contribution in [0.1, 0.15) is 26.2 Å². The summed E-state index contributed by atoms with van der Waals surface area (Å²) < 4.78 is 0. The highest BCUT2D eigenvalue weighted by Crippen LogP contribution is 2.42. The third-order valence-corrected chi connectivity index (χ3v) is 3.39. The first-order valence-corrected chi connectivity index (χ1v) is 5.24. The SMILES string of the molecule is C#CC(CC)NC1CC2CC=CC21. The summed E-state index contributed by atoms with van der Waals surface area (Å²) in [4.78, 5) is 0. The summed E-state index contributed by atoms with van der Waals surface area (Å²) in [6.45, 7) is 2.14. The van der Waals surface area contributed by atoms with E-state index in [9.17, 15) is 0 Å². The van der Waals surface area contributed by atoms with Crippen molar-refractivity contribution in [1.82, 2.24) is 5.32 Å². The fraction of sp³-hybridized carbons (Fsp3) is 0.667. The highest BCUT2D eigenvalue weighted by atomic mass is 15.0. The summed E-state index contributed by atoms with van der Waals surface area (Å²) in [6, 6.07) is 0.935. The molecule has 1 saturated carbocycles. The van der Waals surface area contributed by atoms with Crippen molar-refractivity contribution in [3.8, 4) is 12.3 Å². The average Bonchev–Trinajstić information content (AvgIpc) is 2.49. The van der Waals surface area contributed by atoms with Gasteiger partial charge in [0.05, 0.1) is 6.04 Å². The van der Waals surface area contributed by atoms with Gasteiger partial charge in [-0.05, 0) is 31.1 Å². The normalized spacial score (nSPS) is 37.7. The Balaban J connectivity index is 1.84. The molecule has 2 rings (SSSR count). The minimum atomic E-state index is 0.278. The number of fused-ring (bicyclic) bond motifs is 1. The van der Waals surface area contributed by atoms with Crippen LogP contribution in [-0.2, 0) is 0 Å².